The Kier molecular flexibility index (Phi) is 5.28. The van der Waals surface area contributed by atoms with Crippen LogP contribution in [0.4, 0.5) is 0 Å². The number of aromatic nitrogens is 2. The fourth-order valence-corrected chi connectivity index (χ4v) is 3.10. The zero-order valence-electron chi connectivity index (χ0n) is 14.6. The van der Waals surface area contributed by atoms with Crippen molar-refractivity contribution in [2.75, 3.05) is 13.2 Å². The van der Waals surface area contributed by atoms with Gasteiger partial charge in [0, 0.05) is 50.9 Å². The van der Waals surface area contributed by atoms with E-state index in [-0.39, 0.29) is 17.8 Å². The van der Waals surface area contributed by atoms with Gasteiger partial charge < -0.3 is 14.2 Å². The molecular weight excluding hydrogens is 318 g/mol. The molecular formula is C19H23N3O3. The lowest BCUT2D eigenvalue weighted by molar-refractivity contribution is 0.0500. The van der Waals surface area contributed by atoms with Crippen molar-refractivity contribution >= 4 is 11.7 Å². The molecule has 1 amide bonds. The number of nitrogens with zero attached hydrogens (tertiary/aromatic N) is 3. The molecule has 1 aliphatic rings. The summed E-state index contributed by atoms with van der Waals surface area (Å²) in [7, 11) is 1.79. The average Bonchev–Trinajstić information content (AvgIpc) is 3.24. The van der Waals surface area contributed by atoms with E-state index in [1.807, 2.05) is 12.1 Å². The summed E-state index contributed by atoms with van der Waals surface area (Å²) < 4.78 is 7.42. The molecule has 1 saturated heterocycles. The molecule has 0 bridgehead atoms. The van der Waals surface area contributed by atoms with Crippen molar-refractivity contribution in [1.29, 1.82) is 0 Å². The van der Waals surface area contributed by atoms with Gasteiger partial charge in [-0.05, 0) is 37.5 Å². The molecule has 0 N–H and O–H groups in total. The molecule has 6 heteroatoms. The summed E-state index contributed by atoms with van der Waals surface area (Å²) >= 11 is 0. The second-order valence-corrected chi connectivity index (χ2v) is 6.46. The van der Waals surface area contributed by atoms with Crippen LogP contribution in [0.3, 0.4) is 0 Å². The number of ketones is 1. The quantitative estimate of drug-likeness (QED) is 0.757. The first-order valence-electron chi connectivity index (χ1n) is 8.51. The molecule has 0 radical (unpaired) electrons. The van der Waals surface area contributed by atoms with Gasteiger partial charge in [-0.2, -0.15) is 0 Å². The van der Waals surface area contributed by atoms with E-state index < -0.39 is 0 Å². The Hall–Kier alpha value is -2.47. The number of amides is 1. The number of aryl methyl sites for hydroxylation is 1. The zero-order chi connectivity index (χ0) is 17.8. The third kappa shape index (κ3) is 4.14. The lowest BCUT2D eigenvalue weighted by atomic mass is 10.2. The zero-order valence-corrected chi connectivity index (χ0v) is 14.6. The van der Waals surface area contributed by atoms with Gasteiger partial charge in [-0.15, -0.1) is 0 Å². The summed E-state index contributed by atoms with van der Waals surface area (Å²) in [6.45, 7) is 3.25. The summed E-state index contributed by atoms with van der Waals surface area (Å²) in [4.78, 5) is 30.6. The largest absolute Gasteiger partial charge is 0.376 e. The second kappa shape index (κ2) is 7.61. The molecule has 25 heavy (non-hydrogen) atoms. The van der Waals surface area contributed by atoms with Crippen LogP contribution >= 0.6 is 0 Å². The highest BCUT2D eigenvalue weighted by Crippen LogP contribution is 2.18. The van der Waals surface area contributed by atoms with Crippen LogP contribution in [-0.4, -0.2) is 45.4 Å². The molecule has 3 rings (SSSR count). The van der Waals surface area contributed by atoms with Gasteiger partial charge in [0.1, 0.15) is 5.69 Å². The fraction of sp³-hybridized carbons (Fsp3) is 0.421. The molecule has 1 unspecified atom stereocenters. The molecule has 6 nitrogen and oxygen atoms in total. The van der Waals surface area contributed by atoms with Gasteiger partial charge in [0.15, 0.2) is 5.78 Å². The minimum atomic E-state index is -0.102. The van der Waals surface area contributed by atoms with Crippen LogP contribution in [0, 0.1) is 0 Å². The molecule has 1 aliphatic heterocycles. The molecule has 0 saturated carbocycles. The monoisotopic (exact) mass is 341 g/mol. The fourth-order valence-electron chi connectivity index (χ4n) is 3.10. The Bertz CT molecular complexity index is 749. The third-order valence-electron chi connectivity index (χ3n) is 4.46. The lowest BCUT2D eigenvalue weighted by Gasteiger charge is -2.25. The molecule has 0 spiro atoms. The van der Waals surface area contributed by atoms with Gasteiger partial charge in [0.05, 0.1) is 6.10 Å². The van der Waals surface area contributed by atoms with Crippen molar-refractivity contribution < 1.29 is 14.3 Å². The maximum Gasteiger partial charge on any atom is 0.270 e. The van der Waals surface area contributed by atoms with Gasteiger partial charge in [-0.1, -0.05) is 6.07 Å². The van der Waals surface area contributed by atoms with E-state index in [2.05, 4.69) is 4.98 Å². The smallest absolute Gasteiger partial charge is 0.270 e. The number of ether oxygens (including phenoxy) is 1. The molecule has 2 aromatic heterocycles. The molecule has 132 valence electrons. The second-order valence-electron chi connectivity index (χ2n) is 6.46. The number of rotatable bonds is 6. The van der Waals surface area contributed by atoms with E-state index in [1.54, 1.807) is 41.2 Å². The third-order valence-corrected chi connectivity index (χ3v) is 4.46. The minimum absolute atomic E-state index is 0.0485. The van der Waals surface area contributed by atoms with Gasteiger partial charge in [-0.25, -0.2) is 0 Å². The molecule has 1 fully saturated rings. The first-order chi connectivity index (χ1) is 12.0. The maximum absolute atomic E-state index is 13.1. The predicted molar refractivity (Wildman–Crippen MR) is 93.4 cm³/mol. The van der Waals surface area contributed by atoms with Crippen LogP contribution in [0.25, 0.3) is 0 Å². The van der Waals surface area contributed by atoms with Crippen LogP contribution in [0.2, 0.25) is 0 Å². The Morgan fingerprint density at radius 1 is 1.44 bits per heavy atom. The molecule has 0 aromatic carbocycles. The number of carbonyl (C=O) groups is 2. The van der Waals surface area contributed by atoms with Crippen LogP contribution in [-0.2, 0) is 18.3 Å². The highest BCUT2D eigenvalue weighted by atomic mass is 16.5. The van der Waals surface area contributed by atoms with Crippen LogP contribution in [0.5, 0.6) is 0 Å². The maximum atomic E-state index is 13.1. The molecule has 1 atom stereocenters. The Morgan fingerprint density at radius 2 is 2.28 bits per heavy atom. The Balaban J connectivity index is 1.84. The molecule has 3 heterocycles. The normalized spacial score (nSPS) is 16.8. The number of hydrogen-bond donors (Lipinski definition) is 0. The predicted octanol–water partition coefficient (Wildman–Crippen LogP) is 2.44. The number of pyridine rings is 1. The van der Waals surface area contributed by atoms with Crippen molar-refractivity contribution in [2.45, 2.75) is 32.4 Å². The van der Waals surface area contributed by atoms with Gasteiger partial charge in [0.2, 0.25) is 0 Å². The summed E-state index contributed by atoms with van der Waals surface area (Å²) in [6.07, 6.45) is 7.23. The van der Waals surface area contributed by atoms with E-state index in [0.29, 0.717) is 24.3 Å². The van der Waals surface area contributed by atoms with E-state index in [9.17, 15) is 9.59 Å². The standard InChI is InChI=1S/C19H23N3O3/c1-14(23)16-9-18(21(2)12-16)19(24)22(13-17-6-4-8-25-17)11-15-5-3-7-20-10-15/h3,5,7,9-10,12,17H,4,6,8,11,13H2,1-2H3. The van der Waals surface area contributed by atoms with Crippen molar-refractivity contribution in [3.8, 4) is 0 Å². The summed E-state index contributed by atoms with van der Waals surface area (Å²) in [6, 6.07) is 5.48. The molecule has 2 aromatic rings. The van der Waals surface area contributed by atoms with Crippen molar-refractivity contribution in [3.05, 3.63) is 53.6 Å². The van der Waals surface area contributed by atoms with Gasteiger partial charge >= 0.3 is 0 Å². The van der Waals surface area contributed by atoms with E-state index in [4.69, 9.17) is 4.74 Å². The van der Waals surface area contributed by atoms with Crippen molar-refractivity contribution in [3.63, 3.8) is 0 Å². The lowest BCUT2D eigenvalue weighted by Crippen LogP contribution is -2.37. The summed E-state index contributed by atoms with van der Waals surface area (Å²) in [5.74, 6) is -0.151. The highest BCUT2D eigenvalue weighted by molar-refractivity contribution is 5.99. The van der Waals surface area contributed by atoms with Crippen LogP contribution < -0.4 is 0 Å². The number of Topliss-reactive ketones (excluding diaryl/α,β-unsaturated/α-hetero) is 1. The minimum Gasteiger partial charge on any atom is -0.376 e. The van der Waals surface area contributed by atoms with Gasteiger partial charge in [-0.3, -0.25) is 14.6 Å². The SMILES string of the molecule is CC(=O)c1cc(C(=O)N(Cc2cccnc2)CC2CCCO2)n(C)c1. The van der Waals surface area contributed by atoms with Crippen LogP contribution in [0.15, 0.2) is 36.8 Å². The van der Waals surface area contributed by atoms with Crippen molar-refractivity contribution in [2.24, 2.45) is 7.05 Å². The van der Waals surface area contributed by atoms with E-state index >= 15 is 0 Å². The van der Waals surface area contributed by atoms with Crippen LogP contribution in [0.1, 0.15) is 46.2 Å². The summed E-state index contributed by atoms with van der Waals surface area (Å²) in [5.41, 5.74) is 2.02. The first-order valence-corrected chi connectivity index (χ1v) is 8.51. The molecule has 0 aliphatic carbocycles. The highest BCUT2D eigenvalue weighted by Gasteiger charge is 2.25. The Labute approximate surface area is 147 Å². The average molecular weight is 341 g/mol. The summed E-state index contributed by atoms with van der Waals surface area (Å²) in [5, 5.41) is 0. The Morgan fingerprint density at radius 3 is 2.88 bits per heavy atom. The van der Waals surface area contributed by atoms with Crippen molar-refractivity contribution in [1.82, 2.24) is 14.5 Å². The first kappa shape index (κ1) is 17.4. The van der Waals surface area contributed by atoms with E-state index in [1.165, 1.54) is 6.92 Å². The topological polar surface area (TPSA) is 64.4 Å². The van der Waals surface area contributed by atoms with E-state index in [0.717, 1.165) is 25.0 Å². The number of hydrogen-bond acceptors (Lipinski definition) is 4. The number of carbonyl (C=O) groups excluding carboxylic acids is 2. The van der Waals surface area contributed by atoms with Gasteiger partial charge in [0.25, 0.3) is 5.91 Å².